The molecule has 0 spiro atoms. The molecule has 2 aromatic rings. The third-order valence-corrected chi connectivity index (χ3v) is 6.39. The van der Waals surface area contributed by atoms with Crippen LogP contribution in [0.1, 0.15) is 59.6 Å². The van der Waals surface area contributed by atoms with Crippen LogP contribution in [0.15, 0.2) is 21.0 Å². The number of hydrogen-bond donors (Lipinski definition) is 1. The van der Waals surface area contributed by atoms with Crippen molar-refractivity contribution in [1.82, 2.24) is 14.9 Å². The lowest BCUT2D eigenvalue weighted by atomic mass is 9.94. The second kappa shape index (κ2) is 8.55. The van der Waals surface area contributed by atoms with Crippen LogP contribution < -0.4 is 5.32 Å². The molecule has 1 N–H and O–H groups in total. The van der Waals surface area contributed by atoms with E-state index in [1.807, 2.05) is 33.2 Å². The predicted molar refractivity (Wildman–Crippen MR) is 117 cm³/mol. The summed E-state index contributed by atoms with van der Waals surface area (Å²) >= 11 is 3.27. The van der Waals surface area contributed by atoms with Gasteiger partial charge in [-0.25, -0.2) is 14.8 Å². The standard InChI is InChI=1S/C20H30N4O3S2/c1-19(2,3)14-9-21-15(26-14)12-28-16-10-22-17(29-16)23-13-7-8-24(11-13)18(25)27-20(4,5)6/h9-10,13H,7-8,11-12H2,1-6H3,(H,22,23)/t13-/m1/s1. The Hall–Kier alpha value is -1.74. The number of carbonyl (C=O) groups is 1. The van der Waals surface area contributed by atoms with Crippen molar-refractivity contribution in [3.63, 3.8) is 0 Å². The summed E-state index contributed by atoms with van der Waals surface area (Å²) in [5.74, 6) is 2.30. The number of ether oxygens (including phenoxy) is 1. The molecule has 29 heavy (non-hydrogen) atoms. The lowest BCUT2D eigenvalue weighted by molar-refractivity contribution is 0.0293. The summed E-state index contributed by atoms with van der Waals surface area (Å²) < 4.78 is 12.4. The number of oxazole rings is 1. The summed E-state index contributed by atoms with van der Waals surface area (Å²) in [5, 5.41) is 4.30. The van der Waals surface area contributed by atoms with Crippen molar-refractivity contribution in [3.05, 3.63) is 24.0 Å². The van der Waals surface area contributed by atoms with Gasteiger partial charge in [-0.05, 0) is 27.2 Å². The van der Waals surface area contributed by atoms with Crippen LogP contribution in [0.5, 0.6) is 0 Å². The van der Waals surface area contributed by atoms with Crippen molar-refractivity contribution in [3.8, 4) is 0 Å². The molecular formula is C20H30N4O3S2. The molecule has 2 aromatic heterocycles. The Balaban J connectivity index is 1.47. The third kappa shape index (κ3) is 6.37. The number of rotatable bonds is 5. The van der Waals surface area contributed by atoms with Gasteiger partial charge >= 0.3 is 6.09 Å². The van der Waals surface area contributed by atoms with Crippen LogP contribution in [0.3, 0.4) is 0 Å². The molecule has 9 heteroatoms. The lowest BCUT2D eigenvalue weighted by Gasteiger charge is -2.24. The summed E-state index contributed by atoms with van der Waals surface area (Å²) in [6.45, 7) is 13.3. The maximum Gasteiger partial charge on any atom is 0.410 e. The number of carbonyl (C=O) groups excluding carboxylic acids is 1. The molecule has 1 aliphatic heterocycles. The second-order valence-electron chi connectivity index (χ2n) is 9.20. The van der Waals surface area contributed by atoms with Gasteiger partial charge in [0.2, 0.25) is 5.89 Å². The van der Waals surface area contributed by atoms with E-state index in [1.165, 1.54) is 0 Å². The van der Waals surface area contributed by atoms with Gasteiger partial charge in [0, 0.05) is 24.5 Å². The number of nitrogens with one attached hydrogen (secondary N) is 1. The third-order valence-electron chi connectivity index (χ3n) is 4.28. The topological polar surface area (TPSA) is 80.5 Å². The Bertz CT molecular complexity index is 835. The van der Waals surface area contributed by atoms with Gasteiger partial charge in [-0.1, -0.05) is 32.1 Å². The molecule has 0 bridgehead atoms. The normalized spacial score (nSPS) is 17.6. The van der Waals surface area contributed by atoms with E-state index < -0.39 is 5.60 Å². The van der Waals surface area contributed by atoms with Crippen LogP contribution in [0.4, 0.5) is 9.93 Å². The average Bonchev–Trinajstić information content (AvgIpc) is 3.32. The molecule has 1 atom stereocenters. The van der Waals surface area contributed by atoms with E-state index in [-0.39, 0.29) is 17.6 Å². The molecule has 0 aliphatic carbocycles. The molecular weight excluding hydrogens is 408 g/mol. The zero-order valence-electron chi connectivity index (χ0n) is 17.9. The highest BCUT2D eigenvalue weighted by Crippen LogP contribution is 2.32. The number of thiazole rings is 1. The zero-order valence-corrected chi connectivity index (χ0v) is 19.6. The van der Waals surface area contributed by atoms with Crippen molar-refractivity contribution in [1.29, 1.82) is 0 Å². The van der Waals surface area contributed by atoms with Gasteiger partial charge in [-0.15, -0.1) is 11.8 Å². The molecule has 1 amide bonds. The quantitative estimate of drug-likeness (QED) is 0.647. The van der Waals surface area contributed by atoms with Gasteiger partial charge < -0.3 is 19.4 Å². The number of likely N-dealkylation sites (tertiary alicyclic amines) is 1. The smallest absolute Gasteiger partial charge is 0.410 e. The number of aromatic nitrogens is 2. The number of amides is 1. The fourth-order valence-electron chi connectivity index (χ4n) is 2.79. The maximum absolute atomic E-state index is 12.2. The van der Waals surface area contributed by atoms with E-state index in [4.69, 9.17) is 9.15 Å². The number of nitrogens with zero attached hydrogens (tertiary/aromatic N) is 3. The lowest BCUT2D eigenvalue weighted by Crippen LogP contribution is -2.36. The average molecular weight is 439 g/mol. The molecule has 1 saturated heterocycles. The molecule has 1 aliphatic rings. The maximum atomic E-state index is 12.2. The predicted octanol–water partition coefficient (Wildman–Crippen LogP) is 5.14. The fourth-order valence-corrected chi connectivity index (χ4v) is 4.60. The van der Waals surface area contributed by atoms with E-state index in [9.17, 15) is 4.79 Å². The molecule has 0 aromatic carbocycles. The summed E-state index contributed by atoms with van der Waals surface area (Å²) in [5.41, 5.74) is -0.507. The first-order valence-electron chi connectivity index (χ1n) is 9.78. The van der Waals surface area contributed by atoms with E-state index in [1.54, 1.807) is 28.0 Å². The van der Waals surface area contributed by atoms with Gasteiger partial charge in [-0.3, -0.25) is 0 Å². The first kappa shape index (κ1) is 22.0. The van der Waals surface area contributed by atoms with E-state index in [2.05, 4.69) is 36.1 Å². The van der Waals surface area contributed by atoms with Gasteiger partial charge in [-0.2, -0.15) is 0 Å². The van der Waals surface area contributed by atoms with Gasteiger partial charge in [0.1, 0.15) is 11.4 Å². The van der Waals surface area contributed by atoms with Crippen LogP contribution in [-0.4, -0.2) is 45.7 Å². The Morgan fingerprint density at radius 3 is 2.72 bits per heavy atom. The highest BCUT2D eigenvalue weighted by atomic mass is 32.2. The molecule has 0 saturated carbocycles. The van der Waals surface area contributed by atoms with Crippen LogP contribution >= 0.6 is 23.1 Å². The van der Waals surface area contributed by atoms with Crippen molar-refractivity contribution in [2.45, 2.75) is 75.0 Å². The molecule has 0 radical (unpaired) electrons. The minimum atomic E-state index is -0.472. The van der Waals surface area contributed by atoms with Crippen molar-refractivity contribution in [2.75, 3.05) is 18.4 Å². The number of anilines is 1. The monoisotopic (exact) mass is 438 g/mol. The Labute approximate surface area is 180 Å². The van der Waals surface area contributed by atoms with Crippen LogP contribution in [0.2, 0.25) is 0 Å². The first-order valence-corrected chi connectivity index (χ1v) is 11.6. The second-order valence-corrected chi connectivity index (χ2v) is 11.5. The number of hydrogen-bond acceptors (Lipinski definition) is 8. The molecule has 7 nitrogen and oxygen atoms in total. The van der Waals surface area contributed by atoms with Crippen LogP contribution in [0, 0.1) is 0 Å². The van der Waals surface area contributed by atoms with E-state index >= 15 is 0 Å². The largest absolute Gasteiger partial charge is 0.444 e. The fraction of sp³-hybridized carbons (Fsp3) is 0.650. The highest BCUT2D eigenvalue weighted by Gasteiger charge is 2.30. The van der Waals surface area contributed by atoms with Gasteiger partial charge in [0.05, 0.1) is 22.4 Å². The van der Waals surface area contributed by atoms with Crippen molar-refractivity contribution in [2.24, 2.45) is 0 Å². The summed E-state index contributed by atoms with van der Waals surface area (Å²) in [6, 6.07) is 0.188. The van der Waals surface area contributed by atoms with E-state index in [0.717, 1.165) is 27.4 Å². The van der Waals surface area contributed by atoms with Gasteiger partial charge in [0.25, 0.3) is 0 Å². The Kier molecular flexibility index (Phi) is 6.48. The summed E-state index contributed by atoms with van der Waals surface area (Å²) in [7, 11) is 0. The number of thioether (sulfide) groups is 1. The minimum absolute atomic E-state index is 0.0358. The molecule has 3 rings (SSSR count). The summed E-state index contributed by atoms with van der Waals surface area (Å²) in [6.07, 6.45) is 4.31. The van der Waals surface area contributed by atoms with Crippen LogP contribution in [-0.2, 0) is 15.9 Å². The highest BCUT2D eigenvalue weighted by molar-refractivity contribution is 8.00. The van der Waals surface area contributed by atoms with Crippen molar-refractivity contribution < 1.29 is 13.9 Å². The molecule has 160 valence electrons. The van der Waals surface area contributed by atoms with Crippen molar-refractivity contribution >= 4 is 34.3 Å². The zero-order chi connectivity index (χ0) is 21.2. The van der Waals surface area contributed by atoms with E-state index in [0.29, 0.717) is 18.8 Å². The first-order chi connectivity index (χ1) is 13.5. The van der Waals surface area contributed by atoms with Crippen LogP contribution in [0.25, 0.3) is 0 Å². The minimum Gasteiger partial charge on any atom is -0.444 e. The Morgan fingerprint density at radius 1 is 1.31 bits per heavy atom. The molecule has 0 unspecified atom stereocenters. The van der Waals surface area contributed by atoms with Gasteiger partial charge in [0.15, 0.2) is 5.13 Å². The SMILES string of the molecule is CC(C)(C)OC(=O)N1CC[C@@H](Nc2ncc(SCc3ncc(C(C)(C)C)o3)s2)C1. The molecule has 1 fully saturated rings. The molecule has 3 heterocycles. The Morgan fingerprint density at radius 2 is 2.07 bits per heavy atom. The summed E-state index contributed by atoms with van der Waals surface area (Å²) in [4.78, 5) is 22.8.